The van der Waals surface area contributed by atoms with Gasteiger partial charge in [-0.15, -0.1) is 0 Å². The molecule has 1 aromatic carbocycles. The number of likely N-dealkylation sites (tertiary alicyclic amines) is 1. The lowest BCUT2D eigenvalue weighted by atomic mass is 9.85. The number of hydrogen-bond donors (Lipinski definition) is 1. The van der Waals surface area contributed by atoms with Gasteiger partial charge in [0.25, 0.3) is 5.69 Å². The summed E-state index contributed by atoms with van der Waals surface area (Å²) >= 11 is 3.24. The number of benzene rings is 1. The van der Waals surface area contributed by atoms with Crippen LogP contribution in [0, 0.1) is 40.7 Å². The zero-order valence-electron chi connectivity index (χ0n) is 17.6. The number of halogens is 1. The third-order valence-corrected chi connectivity index (χ3v) is 7.24. The molecule has 10 heteroatoms. The second-order valence-electron chi connectivity index (χ2n) is 8.71. The number of nitrogens with one attached hydrogen (secondary N) is 1. The average molecular weight is 514 g/mol. The van der Waals surface area contributed by atoms with Gasteiger partial charge in [-0.2, -0.15) is 0 Å². The number of rotatable bonds is 6. The van der Waals surface area contributed by atoms with Crippen molar-refractivity contribution in [1.82, 2.24) is 4.90 Å². The summed E-state index contributed by atoms with van der Waals surface area (Å²) in [4.78, 5) is 51.3. The van der Waals surface area contributed by atoms with Gasteiger partial charge < -0.3 is 9.73 Å². The van der Waals surface area contributed by atoms with E-state index in [1.54, 1.807) is 19.1 Å². The highest BCUT2D eigenvalue weighted by Gasteiger charge is 2.60. The zero-order chi connectivity index (χ0) is 23.4. The van der Waals surface area contributed by atoms with Crippen LogP contribution in [0.25, 0.3) is 0 Å². The Kier molecular flexibility index (Phi) is 5.19. The Labute approximate surface area is 197 Å². The van der Waals surface area contributed by atoms with Crippen molar-refractivity contribution < 1.29 is 23.7 Å². The molecule has 3 amide bonds. The predicted octanol–water partition coefficient (Wildman–Crippen LogP) is 4.14. The van der Waals surface area contributed by atoms with Gasteiger partial charge in [0, 0.05) is 17.8 Å². The third-order valence-electron chi connectivity index (χ3n) is 6.81. The van der Waals surface area contributed by atoms with Gasteiger partial charge >= 0.3 is 0 Å². The first-order chi connectivity index (χ1) is 15.7. The van der Waals surface area contributed by atoms with E-state index in [4.69, 9.17) is 4.42 Å². The molecule has 1 aliphatic heterocycles. The van der Waals surface area contributed by atoms with Crippen molar-refractivity contribution in [3.8, 4) is 0 Å². The van der Waals surface area contributed by atoms with Gasteiger partial charge in [-0.1, -0.05) is 12.2 Å². The number of aryl methyl sites for hydroxylation is 1. The van der Waals surface area contributed by atoms with Gasteiger partial charge in [-0.05, 0) is 64.9 Å². The summed E-state index contributed by atoms with van der Waals surface area (Å²) in [5, 5.41) is 13.7. The van der Waals surface area contributed by atoms with Crippen LogP contribution in [0.4, 0.5) is 11.4 Å². The summed E-state index contributed by atoms with van der Waals surface area (Å²) in [6.07, 6.45) is 4.65. The molecule has 0 spiro atoms. The molecule has 0 radical (unpaired) electrons. The molecule has 2 heterocycles. The largest absolute Gasteiger partial charge is 0.452 e. The molecule has 5 unspecified atom stereocenters. The lowest BCUT2D eigenvalue weighted by Crippen LogP contribution is -2.38. The van der Waals surface area contributed by atoms with Gasteiger partial charge in [0.15, 0.2) is 4.67 Å². The molecular formula is C23H20BrN3O6. The van der Waals surface area contributed by atoms with Gasteiger partial charge in [0.05, 0.1) is 23.2 Å². The lowest BCUT2D eigenvalue weighted by molar-refractivity contribution is -0.384. The molecule has 1 saturated carbocycles. The van der Waals surface area contributed by atoms with E-state index in [1.165, 1.54) is 23.1 Å². The summed E-state index contributed by atoms with van der Waals surface area (Å²) in [6.45, 7) is 1.65. The number of nitro benzene ring substituents is 1. The Morgan fingerprint density at radius 3 is 2.42 bits per heavy atom. The number of carbonyl (C=O) groups is 3. The standard InChI is InChI=1S/C23H20BrN3O6/c1-11-8-14(27(31)32)4-5-15(11)25-19(28)10-16(17-6-7-18(24)33-17)26-22(29)20-12-2-3-13(9-12)21(20)23(26)30/h2-8,12-13,16,20-21H,9-10H2,1H3,(H,25,28). The van der Waals surface area contributed by atoms with Gasteiger partial charge in [-0.3, -0.25) is 29.4 Å². The van der Waals surface area contributed by atoms with E-state index in [9.17, 15) is 24.5 Å². The Bertz CT molecular complexity index is 1190. The number of fused-ring (bicyclic) bond motifs is 5. The molecule has 2 bridgehead atoms. The fourth-order valence-corrected chi connectivity index (χ4v) is 5.66. The van der Waals surface area contributed by atoms with Gasteiger partial charge in [0.1, 0.15) is 11.8 Å². The number of anilines is 1. The summed E-state index contributed by atoms with van der Waals surface area (Å²) in [5.41, 5.74) is 0.871. The first-order valence-electron chi connectivity index (χ1n) is 10.6. The van der Waals surface area contributed by atoms with Crippen molar-refractivity contribution in [1.29, 1.82) is 0 Å². The Hall–Kier alpha value is -3.27. The second-order valence-corrected chi connectivity index (χ2v) is 9.49. The lowest BCUT2D eigenvalue weighted by Gasteiger charge is -2.26. The molecular weight excluding hydrogens is 494 g/mol. The van der Waals surface area contributed by atoms with Crippen molar-refractivity contribution in [2.45, 2.75) is 25.8 Å². The summed E-state index contributed by atoms with van der Waals surface area (Å²) in [7, 11) is 0. The number of carbonyl (C=O) groups excluding carboxylic acids is 3. The molecule has 2 aliphatic carbocycles. The molecule has 2 fully saturated rings. The molecule has 2 aromatic rings. The van der Waals surface area contributed by atoms with Crippen LogP contribution >= 0.6 is 15.9 Å². The molecule has 1 saturated heterocycles. The van der Waals surface area contributed by atoms with E-state index < -0.39 is 16.9 Å². The van der Waals surface area contributed by atoms with Crippen LogP contribution in [0.3, 0.4) is 0 Å². The number of amides is 3. The van der Waals surface area contributed by atoms with Crippen molar-refractivity contribution in [3.05, 3.63) is 68.6 Å². The number of nitro groups is 1. The van der Waals surface area contributed by atoms with E-state index >= 15 is 0 Å². The molecule has 5 rings (SSSR count). The summed E-state index contributed by atoms with van der Waals surface area (Å²) in [5.74, 6) is -1.29. The number of non-ortho nitro benzene ring substituents is 1. The van der Waals surface area contributed by atoms with Crippen LogP contribution in [0.2, 0.25) is 0 Å². The SMILES string of the molecule is Cc1cc([N+](=O)[O-])ccc1NC(=O)CC(c1ccc(Br)o1)N1C(=O)C2C3C=CC(C3)C2C1=O. The Balaban J connectivity index is 1.40. The summed E-state index contributed by atoms with van der Waals surface area (Å²) in [6, 6.07) is 6.54. The van der Waals surface area contributed by atoms with Crippen molar-refractivity contribution in [3.63, 3.8) is 0 Å². The van der Waals surface area contributed by atoms with Crippen LogP contribution in [0.1, 0.15) is 30.2 Å². The van der Waals surface area contributed by atoms with Crippen molar-refractivity contribution in [2.24, 2.45) is 23.7 Å². The van der Waals surface area contributed by atoms with E-state index in [1.807, 2.05) is 12.2 Å². The van der Waals surface area contributed by atoms with Crippen LogP contribution in [-0.4, -0.2) is 27.5 Å². The van der Waals surface area contributed by atoms with Gasteiger partial charge in [0.2, 0.25) is 17.7 Å². The Morgan fingerprint density at radius 1 is 1.21 bits per heavy atom. The van der Waals surface area contributed by atoms with Crippen LogP contribution in [-0.2, 0) is 14.4 Å². The topological polar surface area (TPSA) is 123 Å². The highest BCUT2D eigenvalue weighted by Crippen LogP contribution is 2.54. The monoisotopic (exact) mass is 513 g/mol. The molecule has 3 aliphatic rings. The zero-order valence-corrected chi connectivity index (χ0v) is 19.2. The fourth-order valence-electron chi connectivity index (χ4n) is 5.34. The summed E-state index contributed by atoms with van der Waals surface area (Å²) < 4.78 is 6.09. The fraction of sp³-hybridized carbons (Fsp3) is 0.348. The quantitative estimate of drug-likeness (QED) is 0.268. The molecule has 170 valence electrons. The highest BCUT2D eigenvalue weighted by atomic mass is 79.9. The van der Waals surface area contributed by atoms with Gasteiger partial charge in [-0.25, -0.2) is 0 Å². The van der Waals surface area contributed by atoms with E-state index in [0.29, 0.717) is 21.7 Å². The van der Waals surface area contributed by atoms with E-state index in [2.05, 4.69) is 21.2 Å². The maximum Gasteiger partial charge on any atom is 0.269 e. The smallest absolute Gasteiger partial charge is 0.269 e. The predicted molar refractivity (Wildman–Crippen MR) is 120 cm³/mol. The Morgan fingerprint density at radius 2 is 1.88 bits per heavy atom. The first-order valence-corrected chi connectivity index (χ1v) is 11.4. The molecule has 5 atom stereocenters. The number of nitrogens with zero attached hydrogens (tertiary/aromatic N) is 2. The number of imide groups is 1. The first kappa shape index (κ1) is 21.6. The van der Waals surface area contributed by atoms with E-state index in [0.717, 1.165) is 6.42 Å². The molecule has 33 heavy (non-hydrogen) atoms. The number of furan rings is 1. The number of hydrogen-bond acceptors (Lipinski definition) is 6. The van der Waals surface area contributed by atoms with Crippen molar-refractivity contribution >= 4 is 45.0 Å². The average Bonchev–Trinajstić information content (AvgIpc) is 3.53. The maximum absolute atomic E-state index is 13.3. The van der Waals surface area contributed by atoms with Crippen LogP contribution in [0.15, 0.2) is 51.6 Å². The minimum atomic E-state index is -0.889. The minimum Gasteiger partial charge on any atom is -0.452 e. The minimum absolute atomic E-state index is 0.0574. The van der Waals surface area contributed by atoms with Crippen LogP contribution in [0.5, 0.6) is 0 Å². The third kappa shape index (κ3) is 3.58. The molecule has 9 nitrogen and oxygen atoms in total. The normalized spacial score (nSPS) is 26.1. The van der Waals surface area contributed by atoms with Crippen molar-refractivity contribution in [2.75, 3.05) is 5.32 Å². The highest BCUT2D eigenvalue weighted by molar-refractivity contribution is 9.10. The maximum atomic E-state index is 13.3. The molecule has 1 aromatic heterocycles. The molecule has 1 N–H and O–H groups in total. The van der Waals surface area contributed by atoms with Crippen LogP contribution < -0.4 is 5.32 Å². The number of allylic oxidation sites excluding steroid dienone is 2. The van der Waals surface area contributed by atoms with E-state index in [-0.39, 0.29) is 47.6 Å². The second kappa shape index (κ2) is 7.95.